The van der Waals surface area contributed by atoms with Crippen molar-refractivity contribution in [1.29, 1.82) is 0 Å². The molecule has 0 N–H and O–H groups in total. The minimum atomic E-state index is -0.382. The van der Waals surface area contributed by atoms with Gasteiger partial charge in [-0.05, 0) is 22.9 Å². The summed E-state index contributed by atoms with van der Waals surface area (Å²) in [5.41, 5.74) is 0. The first kappa shape index (κ1) is 13.1. The van der Waals surface area contributed by atoms with E-state index in [9.17, 15) is 4.39 Å². The number of ether oxygens (including phenoxy) is 1. The van der Waals surface area contributed by atoms with Gasteiger partial charge in [-0.1, -0.05) is 42.5 Å². The molecule has 0 spiro atoms. The van der Waals surface area contributed by atoms with Crippen molar-refractivity contribution < 1.29 is 9.13 Å². The summed E-state index contributed by atoms with van der Waals surface area (Å²) in [6, 6.07) is 18.0. The summed E-state index contributed by atoms with van der Waals surface area (Å²) >= 11 is 1.60. The largest absolute Gasteiger partial charge is 0.484 e. The SMILES string of the molecule is FCC[C@H](Oc1cccc2ccccc12)c1cccs1. The Morgan fingerprint density at radius 1 is 1.00 bits per heavy atom. The van der Waals surface area contributed by atoms with E-state index >= 15 is 0 Å². The molecular formula is C17H15FOS. The van der Waals surface area contributed by atoms with E-state index in [4.69, 9.17) is 4.74 Å². The third-order valence-corrected chi connectivity index (χ3v) is 4.22. The van der Waals surface area contributed by atoms with Gasteiger partial charge in [0.05, 0.1) is 6.67 Å². The van der Waals surface area contributed by atoms with Crippen LogP contribution in [0.5, 0.6) is 5.75 Å². The molecule has 0 radical (unpaired) electrons. The third kappa shape index (κ3) is 2.68. The van der Waals surface area contributed by atoms with E-state index in [1.165, 1.54) is 0 Å². The highest BCUT2D eigenvalue weighted by Gasteiger charge is 2.15. The van der Waals surface area contributed by atoms with E-state index < -0.39 is 0 Å². The lowest BCUT2D eigenvalue weighted by atomic mass is 10.1. The van der Waals surface area contributed by atoms with Gasteiger partial charge in [0.15, 0.2) is 0 Å². The van der Waals surface area contributed by atoms with E-state index in [0.717, 1.165) is 21.4 Å². The number of fused-ring (bicyclic) bond motifs is 1. The minimum absolute atomic E-state index is 0.217. The van der Waals surface area contributed by atoms with E-state index in [1.807, 2.05) is 47.8 Å². The van der Waals surface area contributed by atoms with Crippen molar-refractivity contribution in [3.8, 4) is 5.75 Å². The van der Waals surface area contributed by atoms with Gasteiger partial charge in [0, 0.05) is 16.7 Å². The molecular weight excluding hydrogens is 271 g/mol. The summed E-state index contributed by atoms with van der Waals surface area (Å²) in [7, 11) is 0. The van der Waals surface area contributed by atoms with Crippen LogP contribution in [0.1, 0.15) is 17.4 Å². The Bertz CT molecular complexity index is 673. The molecule has 0 saturated carbocycles. The molecule has 0 bridgehead atoms. The van der Waals surface area contributed by atoms with E-state index in [1.54, 1.807) is 11.3 Å². The molecule has 1 heterocycles. The van der Waals surface area contributed by atoms with Crippen LogP contribution in [0.3, 0.4) is 0 Å². The maximum atomic E-state index is 12.8. The van der Waals surface area contributed by atoms with Gasteiger partial charge in [-0.25, -0.2) is 0 Å². The monoisotopic (exact) mass is 286 g/mol. The zero-order valence-electron chi connectivity index (χ0n) is 11.0. The molecule has 1 aromatic heterocycles. The molecule has 0 aliphatic heterocycles. The lowest BCUT2D eigenvalue weighted by Gasteiger charge is -2.18. The number of benzene rings is 2. The van der Waals surface area contributed by atoms with Crippen molar-refractivity contribution in [1.82, 2.24) is 0 Å². The van der Waals surface area contributed by atoms with Crippen LogP contribution in [0.15, 0.2) is 60.0 Å². The number of rotatable bonds is 5. The summed E-state index contributed by atoms with van der Waals surface area (Å²) < 4.78 is 18.9. The van der Waals surface area contributed by atoms with Crippen LogP contribution < -0.4 is 4.74 Å². The number of hydrogen-bond donors (Lipinski definition) is 0. The quantitative estimate of drug-likeness (QED) is 0.611. The second-order valence-corrected chi connectivity index (χ2v) is 5.56. The molecule has 1 nitrogen and oxygen atoms in total. The Labute approximate surface area is 121 Å². The fourth-order valence-electron chi connectivity index (χ4n) is 2.28. The van der Waals surface area contributed by atoms with Gasteiger partial charge >= 0.3 is 0 Å². The Kier molecular flexibility index (Phi) is 3.97. The van der Waals surface area contributed by atoms with Gasteiger partial charge in [0.25, 0.3) is 0 Å². The smallest absolute Gasteiger partial charge is 0.135 e. The lowest BCUT2D eigenvalue weighted by Crippen LogP contribution is -2.07. The topological polar surface area (TPSA) is 9.23 Å². The van der Waals surface area contributed by atoms with Crippen LogP contribution in [0, 0.1) is 0 Å². The highest BCUT2D eigenvalue weighted by atomic mass is 32.1. The van der Waals surface area contributed by atoms with Gasteiger partial charge in [0.2, 0.25) is 0 Å². The fourth-order valence-corrected chi connectivity index (χ4v) is 3.07. The molecule has 3 rings (SSSR count). The highest BCUT2D eigenvalue weighted by molar-refractivity contribution is 7.10. The van der Waals surface area contributed by atoms with Crippen molar-refractivity contribution in [3.05, 3.63) is 64.9 Å². The van der Waals surface area contributed by atoms with E-state index in [-0.39, 0.29) is 12.8 Å². The first-order valence-electron chi connectivity index (χ1n) is 6.62. The minimum Gasteiger partial charge on any atom is -0.484 e. The van der Waals surface area contributed by atoms with E-state index in [2.05, 4.69) is 12.1 Å². The Morgan fingerprint density at radius 2 is 1.85 bits per heavy atom. The van der Waals surface area contributed by atoms with Crippen LogP contribution in [0.4, 0.5) is 4.39 Å². The number of alkyl halides is 1. The second kappa shape index (κ2) is 6.06. The van der Waals surface area contributed by atoms with Crippen molar-refractivity contribution >= 4 is 22.1 Å². The van der Waals surface area contributed by atoms with Gasteiger partial charge in [-0.15, -0.1) is 11.3 Å². The fraction of sp³-hybridized carbons (Fsp3) is 0.176. The average molecular weight is 286 g/mol. The normalized spacial score (nSPS) is 12.4. The maximum absolute atomic E-state index is 12.8. The number of halogens is 1. The van der Waals surface area contributed by atoms with Crippen molar-refractivity contribution in [2.75, 3.05) is 6.67 Å². The Hall–Kier alpha value is -1.87. The molecule has 1 atom stereocenters. The Morgan fingerprint density at radius 3 is 2.65 bits per heavy atom. The van der Waals surface area contributed by atoms with Crippen molar-refractivity contribution in [2.45, 2.75) is 12.5 Å². The van der Waals surface area contributed by atoms with Gasteiger partial charge < -0.3 is 4.74 Å². The summed E-state index contributed by atoms with van der Waals surface area (Å²) in [6.07, 6.45) is 0.162. The van der Waals surface area contributed by atoms with Crippen molar-refractivity contribution in [3.63, 3.8) is 0 Å². The molecule has 3 aromatic rings. The van der Waals surface area contributed by atoms with Crippen LogP contribution in [0.25, 0.3) is 10.8 Å². The lowest BCUT2D eigenvalue weighted by molar-refractivity contribution is 0.188. The maximum Gasteiger partial charge on any atom is 0.135 e. The first-order chi connectivity index (χ1) is 9.88. The van der Waals surface area contributed by atoms with Crippen LogP contribution in [-0.2, 0) is 0 Å². The number of thiophene rings is 1. The van der Waals surface area contributed by atoms with E-state index in [0.29, 0.717) is 6.42 Å². The molecule has 0 aliphatic rings. The molecule has 0 unspecified atom stereocenters. The summed E-state index contributed by atoms with van der Waals surface area (Å²) in [5, 5.41) is 4.19. The standard InChI is InChI=1S/C17H15FOS/c18-11-10-16(17-9-4-12-20-17)19-15-8-3-6-13-5-1-2-7-14(13)15/h1-9,12,16H,10-11H2/t16-/m0/s1. The zero-order chi connectivity index (χ0) is 13.8. The Balaban J connectivity index is 1.94. The molecule has 0 aliphatic carbocycles. The van der Waals surface area contributed by atoms with Gasteiger partial charge in [-0.2, -0.15) is 0 Å². The first-order valence-corrected chi connectivity index (χ1v) is 7.50. The summed E-state index contributed by atoms with van der Waals surface area (Å²) in [4.78, 5) is 1.07. The molecule has 0 fully saturated rings. The summed E-state index contributed by atoms with van der Waals surface area (Å²) in [6.45, 7) is -0.382. The van der Waals surface area contributed by atoms with Crippen LogP contribution >= 0.6 is 11.3 Å². The van der Waals surface area contributed by atoms with Gasteiger partial charge in [-0.3, -0.25) is 4.39 Å². The molecule has 102 valence electrons. The predicted molar refractivity (Wildman–Crippen MR) is 82.2 cm³/mol. The second-order valence-electron chi connectivity index (χ2n) is 4.58. The molecule has 0 amide bonds. The van der Waals surface area contributed by atoms with Crippen LogP contribution in [-0.4, -0.2) is 6.67 Å². The average Bonchev–Trinajstić information content (AvgIpc) is 3.01. The molecule has 2 aromatic carbocycles. The zero-order valence-corrected chi connectivity index (χ0v) is 11.8. The molecule has 20 heavy (non-hydrogen) atoms. The van der Waals surface area contributed by atoms with Gasteiger partial charge in [0.1, 0.15) is 11.9 Å². The van der Waals surface area contributed by atoms with Crippen LogP contribution in [0.2, 0.25) is 0 Å². The predicted octanol–water partition coefficient (Wildman–Crippen LogP) is 5.38. The molecule has 0 saturated heterocycles. The number of hydrogen-bond acceptors (Lipinski definition) is 2. The highest BCUT2D eigenvalue weighted by Crippen LogP contribution is 2.32. The third-order valence-electron chi connectivity index (χ3n) is 3.25. The molecule has 3 heteroatoms. The summed E-state index contributed by atoms with van der Waals surface area (Å²) in [5.74, 6) is 0.815. The van der Waals surface area contributed by atoms with Crippen molar-refractivity contribution in [2.24, 2.45) is 0 Å².